The average molecular weight is 1360 g/mol. The SMILES string of the molecule is CC(C)(C)c1ccc2c(c1)Sc1cc(C(C)(C)C)ccc1N2c1cc2c3c(c1)N(c1ccc4c(c1)C(C)(C)c1ccccc1C4(C)C)c1cc4c(cc1B3c1cc3c(cc1N2c1ccc2c(c1)C(C)(C)c1ccccc1C2(C)C)C(C)(C)c1ccccc1C3(C)C)C(C)(C)c1ccccc1C4(C)C. The molecule has 0 atom stereocenters. The van der Waals surface area contributed by atoms with Crippen molar-refractivity contribution in [3.05, 3.63) is 306 Å². The van der Waals surface area contributed by atoms with E-state index in [9.17, 15) is 0 Å². The lowest BCUT2D eigenvalue weighted by Crippen LogP contribution is -2.62. The number of nitrogens with zero attached hydrogens (tertiary/aromatic N) is 3. The number of fused-ring (bicyclic) bond motifs is 14. The molecule has 7 aliphatic rings. The summed E-state index contributed by atoms with van der Waals surface area (Å²) in [6.07, 6.45) is 0. The van der Waals surface area contributed by atoms with E-state index in [4.69, 9.17) is 0 Å². The first kappa shape index (κ1) is 66.2. The van der Waals surface area contributed by atoms with Crippen molar-refractivity contribution in [2.45, 2.75) is 216 Å². The predicted molar refractivity (Wildman–Crippen MR) is 439 cm³/mol. The van der Waals surface area contributed by atoms with Crippen molar-refractivity contribution in [2.24, 2.45) is 0 Å². The third kappa shape index (κ3) is 8.90. The number of hydrogen-bond acceptors (Lipinski definition) is 4. The smallest absolute Gasteiger partial charge is 0.252 e. The zero-order valence-electron chi connectivity index (χ0n) is 65.0. The Morgan fingerprint density at radius 1 is 0.243 bits per heavy atom. The Morgan fingerprint density at radius 2 is 0.505 bits per heavy atom. The molecule has 3 nitrogen and oxygen atoms in total. The molecule has 516 valence electrons. The fourth-order valence-corrected chi connectivity index (χ4v) is 21.9. The molecule has 103 heavy (non-hydrogen) atoms. The molecule has 0 saturated carbocycles. The van der Waals surface area contributed by atoms with Gasteiger partial charge in [-0.15, -0.1) is 0 Å². The van der Waals surface area contributed by atoms with Crippen molar-refractivity contribution in [2.75, 3.05) is 14.7 Å². The molecule has 0 bridgehead atoms. The summed E-state index contributed by atoms with van der Waals surface area (Å²) in [5, 5.41) is 0. The lowest BCUT2D eigenvalue weighted by molar-refractivity contribution is 0.520. The Hall–Kier alpha value is -8.77. The maximum absolute atomic E-state index is 2.77. The molecule has 3 heterocycles. The van der Waals surface area contributed by atoms with E-state index in [0.717, 1.165) is 5.69 Å². The number of hydrogen-bond donors (Lipinski definition) is 0. The van der Waals surface area contributed by atoms with Gasteiger partial charge in [0.1, 0.15) is 0 Å². The van der Waals surface area contributed by atoms with Crippen LogP contribution in [0, 0.1) is 0 Å². The van der Waals surface area contributed by atoms with Gasteiger partial charge in [-0.25, -0.2) is 0 Å². The van der Waals surface area contributed by atoms with Crippen molar-refractivity contribution in [1.82, 2.24) is 0 Å². The highest BCUT2D eigenvalue weighted by Gasteiger charge is 2.53. The van der Waals surface area contributed by atoms with Crippen LogP contribution in [0.3, 0.4) is 0 Å². The minimum atomic E-state index is -0.323. The van der Waals surface area contributed by atoms with Gasteiger partial charge < -0.3 is 14.7 Å². The van der Waals surface area contributed by atoms with Crippen molar-refractivity contribution < 1.29 is 0 Å². The molecule has 11 aromatic carbocycles. The van der Waals surface area contributed by atoms with E-state index >= 15 is 0 Å². The molecule has 0 saturated heterocycles. The monoisotopic (exact) mass is 1360 g/mol. The van der Waals surface area contributed by atoms with Gasteiger partial charge in [0.15, 0.2) is 0 Å². The highest BCUT2D eigenvalue weighted by atomic mass is 32.2. The minimum absolute atomic E-state index is 0.0572. The Bertz CT molecular complexity index is 5220. The van der Waals surface area contributed by atoms with Crippen LogP contribution in [0.5, 0.6) is 0 Å². The van der Waals surface area contributed by atoms with Gasteiger partial charge in [0.05, 0.1) is 17.1 Å². The summed E-state index contributed by atoms with van der Waals surface area (Å²) >= 11 is 1.94. The Kier molecular flexibility index (Phi) is 13.5. The average Bonchev–Trinajstić information content (AvgIpc) is 0.658. The third-order valence-corrected chi connectivity index (χ3v) is 28.0. The molecule has 3 aliphatic heterocycles. The predicted octanol–water partition coefficient (Wildman–Crippen LogP) is 24.2. The third-order valence-electron chi connectivity index (χ3n) is 26.9. The Morgan fingerprint density at radius 3 is 0.806 bits per heavy atom. The van der Waals surface area contributed by atoms with Gasteiger partial charge in [-0.1, -0.05) is 298 Å². The minimum Gasteiger partial charge on any atom is -0.311 e. The van der Waals surface area contributed by atoms with Crippen LogP contribution in [0.4, 0.5) is 51.2 Å². The summed E-state index contributed by atoms with van der Waals surface area (Å²) in [5.41, 5.74) is 37.3. The molecule has 0 amide bonds. The zero-order valence-corrected chi connectivity index (χ0v) is 65.8. The van der Waals surface area contributed by atoms with Gasteiger partial charge in [0.2, 0.25) is 0 Å². The molecular weight excluding hydrogens is 1260 g/mol. The fourth-order valence-electron chi connectivity index (χ4n) is 20.8. The summed E-state index contributed by atoms with van der Waals surface area (Å²) in [6.45, 7) is 53.6. The van der Waals surface area contributed by atoms with E-state index in [0.29, 0.717) is 0 Å². The molecular formula is C98H100BN3S. The van der Waals surface area contributed by atoms with Crippen LogP contribution in [0.15, 0.2) is 216 Å². The second kappa shape index (κ2) is 21.0. The van der Waals surface area contributed by atoms with Gasteiger partial charge in [0, 0.05) is 87.2 Å². The summed E-state index contributed by atoms with van der Waals surface area (Å²) in [7, 11) is 0. The molecule has 0 unspecified atom stereocenters. The van der Waals surface area contributed by atoms with Crippen molar-refractivity contribution in [3.8, 4) is 0 Å². The highest BCUT2D eigenvalue weighted by Crippen LogP contribution is 2.61. The van der Waals surface area contributed by atoms with E-state index in [-0.39, 0.29) is 60.9 Å². The molecule has 5 heteroatoms. The van der Waals surface area contributed by atoms with Gasteiger partial charge in [0.25, 0.3) is 6.71 Å². The van der Waals surface area contributed by atoms with E-state index < -0.39 is 0 Å². The molecule has 0 N–H and O–H groups in total. The molecule has 0 radical (unpaired) electrons. The van der Waals surface area contributed by atoms with Gasteiger partial charge >= 0.3 is 0 Å². The molecule has 0 aromatic heterocycles. The lowest BCUT2D eigenvalue weighted by atomic mass is 9.32. The normalized spacial score (nSPS) is 18.9. The van der Waals surface area contributed by atoms with Gasteiger partial charge in [-0.2, -0.15) is 0 Å². The van der Waals surface area contributed by atoms with E-state index in [1.165, 1.54) is 172 Å². The van der Waals surface area contributed by atoms with Crippen LogP contribution in [0.25, 0.3) is 0 Å². The maximum Gasteiger partial charge on any atom is 0.252 e. The van der Waals surface area contributed by atoms with Crippen LogP contribution in [0.2, 0.25) is 0 Å². The summed E-state index contributed by atoms with van der Waals surface area (Å²) < 4.78 is 0. The van der Waals surface area contributed by atoms with Crippen LogP contribution in [0.1, 0.15) is 252 Å². The van der Waals surface area contributed by atoms with Crippen LogP contribution in [-0.4, -0.2) is 6.71 Å². The van der Waals surface area contributed by atoms with E-state index in [2.05, 4.69) is 373 Å². The summed E-state index contributed by atoms with van der Waals surface area (Å²) in [5.74, 6) is 0. The Balaban J connectivity index is 1.02. The number of benzene rings is 11. The quantitative estimate of drug-likeness (QED) is 0.163. The first-order valence-corrected chi connectivity index (χ1v) is 38.8. The maximum atomic E-state index is 2.77. The summed E-state index contributed by atoms with van der Waals surface area (Å²) in [6, 6.07) is 83.4. The molecule has 18 rings (SSSR count). The van der Waals surface area contributed by atoms with Gasteiger partial charge in [-0.05, 0) is 200 Å². The largest absolute Gasteiger partial charge is 0.311 e. The second-order valence-electron chi connectivity index (χ2n) is 37.9. The molecule has 0 spiro atoms. The molecule has 4 aliphatic carbocycles. The number of anilines is 9. The topological polar surface area (TPSA) is 9.72 Å². The van der Waals surface area contributed by atoms with Crippen molar-refractivity contribution in [3.63, 3.8) is 0 Å². The van der Waals surface area contributed by atoms with Crippen molar-refractivity contribution >= 4 is 86.0 Å². The first-order chi connectivity index (χ1) is 48.4. The highest BCUT2D eigenvalue weighted by molar-refractivity contribution is 7.99. The Labute approximate surface area is 619 Å². The zero-order chi connectivity index (χ0) is 72.5. The lowest BCUT2D eigenvalue weighted by Gasteiger charge is -2.50. The molecule has 0 fully saturated rings. The fraction of sp³-hybridized carbons (Fsp3) is 0.327. The summed E-state index contributed by atoms with van der Waals surface area (Å²) in [4.78, 5) is 10.7. The standard InChI is InChI=1S/C98H100BN3S/c1-89(2,3)57-39-45-80-86(47-57)103-87-48-58(90(4,5)6)40-46-81(87)102(80)61-51-84-88-85(52-61)101(60-42-44-71-73(50-60)94(13,14)65-34-26-24-32-63(65)92(71,9)10)83-56-77-75(96(17,18)67-36-28-30-38-69(67)98(77,21)22)54-79(83)99(88)78-53-74-76(97(19,20)68-37-29-27-35-66(68)95(74,15)16)55-82(78)100(84)59-41-43-70-72(49-59)93(11,12)64-33-25-23-31-62(64)91(70,7)8/h23-56H,1-22H3. The van der Waals surface area contributed by atoms with E-state index in [1.54, 1.807) is 0 Å². The molecule has 11 aromatic rings. The van der Waals surface area contributed by atoms with Crippen LogP contribution < -0.4 is 31.1 Å². The second-order valence-corrected chi connectivity index (χ2v) is 38.9. The van der Waals surface area contributed by atoms with Gasteiger partial charge in [-0.3, -0.25) is 0 Å². The van der Waals surface area contributed by atoms with Crippen molar-refractivity contribution in [1.29, 1.82) is 0 Å². The number of rotatable bonds is 3. The van der Waals surface area contributed by atoms with Crippen LogP contribution >= 0.6 is 11.8 Å². The first-order valence-electron chi connectivity index (χ1n) is 38.0. The van der Waals surface area contributed by atoms with Crippen LogP contribution in [-0.2, 0) is 54.1 Å². The van der Waals surface area contributed by atoms with E-state index in [1.807, 2.05) is 11.8 Å².